The quantitative estimate of drug-likeness (QED) is 0.177. The van der Waals surface area contributed by atoms with E-state index in [1.165, 1.54) is 0 Å². The molecular weight excluding hydrogens is 462 g/mol. The fourth-order valence-corrected chi connectivity index (χ4v) is 3.59. The number of aliphatic hydroxyl groups is 1. The molecule has 4 atom stereocenters. The molecule has 0 saturated carbocycles. The number of hydrogen-bond acceptors (Lipinski definition) is 7. The zero-order valence-electron chi connectivity index (χ0n) is 18.9. The Morgan fingerprint density at radius 2 is 1.68 bits per heavy atom. The van der Waals surface area contributed by atoms with E-state index in [9.17, 15) is 24.3 Å². The van der Waals surface area contributed by atoms with Gasteiger partial charge in [-0.3, -0.25) is 14.4 Å². The van der Waals surface area contributed by atoms with Crippen molar-refractivity contribution in [1.82, 2.24) is 20.9 Å². The van der Waals surface area contributed by atoms with Crippen LogP contribution in [0.2, 0.25) is 0 Å². The minimum Gasteiger partial charge on any atom is -0.480 e. The lowest BCUT2D eigenvalue weighted by molar-refractivity contribution is -0.142. The van der Waals surface area contributed by atoms with E-state index in [-0.39, 0.29) is 18.1 Å². The van der Waals surface area contributed by atoms with Crippen LogP contribution >= 0.6 is 12.6 Å². The first-order chi connectivity index (χ1) is 16.1. The molecule has 2 aromatic rings. The largest absolute Gasteiger partial charge is 0.480 e. The van der Waals surface area contributed by atoms with Gasteiger partial charge in [0.25, 0.3) is 0 Å². The molecule has 8 N–H and O–H groups in total. The maximum Gasteiger partial charge on any atom is 0.327 e. The highest BCUT2D eigenvalue weighted by molar-refractivity contribution is 7.80. The molecule has 3 amide bonds. The Hall–Kier alpha value is -3.09. The van der Waals surface area contributed by atoms with Crippen molar-refractivity contribution < 1.29 is 29.4 Å². The summed E-state index contributed by atoms with van der Waals surface area (Å²) < 4.78 is 0. The van der Waals surface area contributed by atoms with E-state index in [1.807, 2.05) is 24.3 Å². The Bertz CT molecular complexity index is 1030. The average molecular weight is 494 g/mol. The third kappa shape index (κ3) is 6.95. The molecule has 0 aliphatic carbocycles. The number of amides is 3. The second kappa shape index (κ2) is 12.4. The number of thiol groups is 1. The number of H-pyrrole nitrogens is 1. The van der Waals surface area contributed by atoms with E-state index in [1.54, 1.807) is 20.0 Å². The summed E-state index contributed by atoms with van der Waals surface area (Å²) in [6.45, 7) is 2.63. The molecule has 1 aromatic heterocycles. The minimum atomic E-state index is -1.41. The Morgan fingerprint density at radius 3 is 2.26 bits per heavy atom. The van der Waals surface area contributed by atoms with Crippen LogP contribution in [0, 0.1) is 5.92 Å². The molecular formula is C22H31N5O6S. The molecule has 4 unspecified atom stereocenters. The zero-order valence-corrected chi connectivity index (χ0v) is 19.8. The second-order valence-corrected chi connectivity index (χ2v) is 8.59. The number of benzene rings is 1. The SMILES string of the molecule is CC(C)C(NC(=O)C(N)Cc1c[nH]c2ccccc12)C(=O)NC(CO)C(=O)NC(CS)C(=O)O. The van der Waals surface area contributed by atoms with E-state index in [2.05, 4.69) is 33.6 Å². The second-order valence-electron chi connectivity index (χ2n) is 8.23. The maximum atomic E-state index is 12.8. The van der Waals surface area contributed by atoms with Crippen molar-refractivity contribution in [2.45, 2.75) is 44.4 Å². The number of aromatic nitrogens is 1. The van der Waals surface area contributed by atoms with E-state index < -0.39 is 54.5 Å². The number of fused-ring (bicyclic) bond motifs is 1. The van der Waals surface area contributed by atoms with Crippen LogP contribution in [0.4, 0.5) is 0 Å². The number of nitrogens with one attached hydrogen (secondary N) is 4. The molecule has 11 nitrogen and oxygen atoms in total. The van der Waals surface area contributed by atoms with E-state index in [0.29, 0.717) is 0 Å². The number of carboxylic acid groups (broad SMARTS) is 1. The van der Waals surface area contributed by atoms with Crippen LogP contribution in [0.3, 0.4) is 0 Å². The Morgan fingerprint density at radius 1 is 1.03 bits per heavy atom. The van der Waals surface area contributed by atoms with Crippen molar-refractivity contribution in [3.63, 3.8) is 0 Å². The van der Waals surface area contributed by atoms with Gasteiger partial charge in [0.2, 0.25) is 17.7 Å². The van der Waals surface area contributed by atoms with Crippen LogP contribution in [0.15, 0.2) is 30.5 Å². The third-order valence-corrected chi connectivity index (χ3v) is 5.68. The molecule has 0 bridgehead atoms. The lowest BCUT2D eigenvalue weighted by atomic mass is 10.0. The lowest BCUT2D eigenvalue weighted by Crippen LogP contribution is -2.59. The molecule has 34 heavy (non-hydrogen) atoms. The summed E-state index contributed by atoms with van der Waals surface area (Å²) in [6, 6.07) is 2.93. The number of carbonyl (C=O) groups is 4. The van der Waals surface area contributed by atoms with Gasteiger partial charge in [-0.15, -0.1) is 0 Å². The normalized spacial score (nSPS) is 14.8. The van der Waals surface area contributed by atoms with Crippen molar-refractivity contribution in [1.29, 1.82) is 0 Å². The Labute approximate surface area is 202 Å². The van der Waals surface area contributed by atoms with Crippen molar-refractivity contribution in [2.24, 2.45) is 11.7 Å². The molecule has 2 rings (SSSR count). The number of aliphatic carboxylic acids is 1. The van der Waals surface area contributed by atoms with E-state index in [0.717, 1.165) is 16.5 Å². The summed E-state index contributed by atoms with van der Waals surface area (Å²) in [5.74, 6) is -3.99. The van der Waals surface area contributed by atoms with Gasteiger partial charge in [0, 0.05) is 22.9 Å². The molecule has 0 saturated heterocycles. The third-order valence-electron chi connectivity index (χ3n) is 5.31. The first kappa shape index (κ1) is 27.2. The van der Waals surface area contributed by atoms with Gasteiger partial charge in [0.1, 0.15) is 18.1 Å². The van der Waals surface area contributed by atoms with Gasteiger partial charge in [-0.25, -0.2) is 4.79 Å². The minimum absolute atomic E-state index is 0.174. The lowest BCUT2D eigenvalue weighted by Gasteiger charge is -2.26. The summed E-state index contributed by atoms with van der Waals surface area (Å²) in [5, 5.41) is 26.7. The average Bonchev–Trinajstić information content (AvgIpc) is 3.21. The zero-order chi connectivity index (χ0) is 25.4. The summed E-state index contributed by atoms with van der Waals surface area (Å²) in [5.41, 5.74) is 7.87. The van der Waals surface area contributed by atoms with Crippen LogP contribution in [-0.4, -0.2) is 75.4 Å². The van der Waals surface area contributed by atoms with Crippen LogP contribution in [-0.2, 0) is 25.6 Å². The standard InChI is InChI=1S/C22H31N5O6S/c1-11(2)18(21(31)25-16(9-28)20(30)26-17(10-34)22(32)33)27-19(29)14(23)7-12-8-24-15-6-4-3-5-13(12)15/h3-6,8,11,14,16-18,24,28,34H,7,9-10,23H2,1-2H3,(H,25,31)(H,26,30)(H,27,29)(H,32,33). The number of nitrogens with two attached hydrogens (primary N) is 1. The summed E-state index contributed by atoms with van der Waals surface area (Å²) in [7, 11) is 0. The number of aliphatic hydroxyl groups excluding tert-OH is 1. The summed E-state index contributed by atoms with van der Waals surface area (Å²) >= 11 is 3.86. The fraction of sp³-hybridized carbons (Fsp3) is 0.455. The number of carbonyl (C=O) groups excluding carboxylic acids is 3. The predicted molar refractivity (Wildman–Crippen MR) is 129 cm³/mol. The molecule has 0 aliphatic rings. The van der Waals surface area contributed by atoms with Gasteiger partial charge in [-0.1, -0.05) is 32.0 Å². The predicted octanol–water partition coefficient (Wildman–Crippen LogP) is -0.845. The summed E-state index contributed by atoms with van der Waals surface area (Å²) in [6.07, 6.45) is 2.02. The summed E-state index contributed by atoms with van der Waals surface area (Å²) in [4.78, 5) is 52.1. The molecule has 0 aliphatic heterocycles. The van der Waals surface area contributed by atoms with Gasteiger partial charge in [0.15, 0.2) is 0 Å². The van der Waals surface area contributed by atoms with Crippen LogP contribution in [0.25, 0.3) is 10.9 Å². The monoisotopic (exact) mass is 493 g/mol. The molecule has 0 spiro atoms. The van der Waals surface area contributed by atoms with Gasteiger partial charge in [-0.2, -0.15) is 12.6 Å². The van der Waals surface area contributed by atoms with Crippen LogP contribution < -0.4 is 21.7 Å². The van der Waals surface area contributed by atoms with Crippen LogP contribution in [0.1, 0.15) is 19.4 Å². The van der Waals surface area contributed by atoms with Crippen LogP contribution in [0.5, 0.6) is 0 Å². The van der Waals surface area contributed by atoms with Crippen molar-refractivity contribution in [3.05, 3.63) is 36.0 Å². The van der Waals surface area contributed by atoms with Crippen molar-refractivity contribution in [2.75, 3.05) is 12.4 Å². The van der Waals surface area contributed by atoms with Crippen molar-refractivity contribution in [3.8, 4) is 0 Å². The van der Waals surface area contributed by atoms with Gasteiger partial charge in [-0.05, 0) is 24.0 Å². The highest BCUT2D eigenvalue weighted by Gasteiger charge is 2.31. The smallest absolute Gasteiger partial charge is 0.327 e. The number of rotatable bonds is 12. The number of para-hydroxylation sites is 1. The topological polar surface area (TPSA) is 187 Å². The fourth-order valence-electron chi connectivity index (χ4n) is 3.34. The Kier molecular flexibility index (Phi) is 9.90. The molecule has 0 fully saturated rings. The number of hydrogen-bond donors (Lipinski definition) is 8. The van der Waals surface area contributed by atoms with E-state index >= 15 is 0 Å². The van der Waals surface area contributed by atoms with E-state index in [4.69, 9.17) is 10.8 Å². The molecule has 0 radical (unpaired) electrons. The first-order valence-electron chi connectivity index (χ1n) is 10.7. The first-order valence-corrected chi connectivity index (χ1v) is 11.4. The molecule has 1 heterocycles. The number of aromatic amines is 1. The molecule has 1 aromatic carbocycles. The van der Waals surface area contributed by atoms with Gasteiger partial charge < -0.3 is 36.9 Å². The van der Waals surface area contributed by atoms with Gasteiger partial charge in [0.05, 0.1) is 12.6 Å². The molecule has 12 heteroatoms. The highest BCUT2D eigenvalue weighted by Crippen LogP contribution is 2.19. The maximum absolute atomic E-state index is 12.8. The van der Waals surface area contributed by atoms with Crippen molar-refractivity contribution >= 4 is 47.2 Å². The molecule has 186 valence electrons. The van der Waals surface area contributed by atoms with Gasteiger partial charge >= 0.3 is 5.97 Å². The number of carboxylic acids is 1. The Balaban J connectivity index is 2.03. The highest BCUT2D eigenvalue weighted by atomic mass is 32.1.